The molecule has 2 N–H and O–H groups in total. The molecule has 28 heavy (non-hydrogen) atoms. The van der Waals surface area contributed by atoms with Gasteiger partial charge in [0.1, 0.15) is 0 Å². The Kier molecular flexibility index (Phi) is 6.06. The number of nitrogens with two attached hydrogens (primary N) is 1. The fourth-order valence-corrected chi connectivity index (χ4v) is 3.73. The molecule has 1 aliphatic heterocycles. The van der Waals surface area contributed by atoms with Crippen LogP contribution in [0.2, 0.25) is 5.02 Å². The summed E-state index contributed by atoms with van der Waals surface area (Å²) < 4.78 is 0. The van der Waals surface area contributed by atoms with E-state index in [-0.39, 0.29) is 11.8 Å². The third-order valence-corrected chi connectivity index (χ3v) is 5.55. The SMILES string of the molecule is Cc1ccc(CN(C)CC(=O)N2CC(Cc3ccc(Cl)cc3)(C(N)=O)C2)cc1. The fraction of sp³-hybridized carbons (Fsp3) is 0.364. The Bertz CT molecular complexity index is 843. The number of rotatable bonds is 7. The number of benzene rings is 2. The van der Waals surface area contributed by atoms with Crippen LogP contribution in [0, 0.1) is 12.3 Å². The van der Waals surface area contributed by atoms with Crippen LogP contribution in [0.5, 0.6) is 0 Å². The average Bonchev–Trinajstić information content (AvgIpc) is 2.61. The van der Waals surface area contributed by atoms with Crippen LogP contribution < -0.4 is 5.73 Å². The molecule has 0 radical (unpaired) electrons. The highest BCUT2D eigenvalue weighted by molar-refractivity contribution is 6.30. The van der Waals surface area contributed by atoms with Crippen LogP contribution in [-0.4, -0.2) is 48.3 Å². The zero-order chi connectivity index (χ0) is 20.3. The second kappa shape index (κ2) is 8.33. The van der Waals surface area contributed by atoms with Crippen LogP contribution in [0.1, 0.15) is 16.7 Å². The van der Waals surface area contributed by atoms with Gasteiger partial charge in [-0.2, -0.15) is 0 Å². The molecule has 1 aliphatic rings. The number of likely N-dealkylation sites (N-methyl/N-ethyl adjacent to an activating group) is 1. The van der Waals surface area contributed by atoms with E-state index in [1.165, 1.54) is 11.1 Å². The van der Waals surface area contributed by atoms with Gasteiger partial charge in [-0.15, -0.1) is 0 Å². The van der Waals surface area contributed by atoms with Crippen molar-refractivity contribution in [1.82, 2.24) is 9.80 Å². The third-order valence-electron chi connectivity index (χ3n) is 5.30. The van der Waals surface area contributed by atoms with Gasteiger partial charge in [0.05, 0.1) is 12.0 Å². The molecule has 1 saturated heterocycles. The van der Waals surface area contributed by atoms with E-state index in [9.17, 15) is 9.59 Å². The van der Waals surface area contributed by atoms with Gasteiger partial charge in [-0.3, -0.25) is 14.5 Å². The minimum atomic E-state index is -0.695. The van der Waals surface area contributed by atoms with Crippen molar-refractivity contribution in [1.29, 1.82) is 0 Å². The molecular weight excluding hydrogens is 374 g/mol. The van der Waals surface area contributed by atoms with Gasteiger partial charge in [-0.05, 0) is 43.7 Å². The van der Waals surface area contributed by atoms with Crippen molar-refractivity contribution in [3.63, 3.8) is 0 Å². The Morgan fingerprint density at radius 3 is 2.21 bits per heavy atom. The first-order chi connectivity index (χ1) is 13.3. The highest BCUT2D eigenvalue weighted by Gasteiger charge is 2.49. The smallest absolute Gasteiger partial charge is 0.236 e. The van der Waals surface area contributed by atoms with E-state index >= 15 is 0 Å². The summed E-state index contributed by atoms with van der Waals surface area (Å²) in [5.41, 5.74) is 8.35. The number of carbonyl (C=O) groups is 2. The average molecular weight is 400 g/mol. The van der Waals surface area contributed by atoms with E-state index in [1.54, 1.807) is 17.0 Å². The van der Waals surface area contributed by atoms with Crippen LogP contribution >= 0.6 is 11.6 Å². The van der Waals surface area contributed by atoms with Crippen LogP contribution in [0.25, 0.3) is 0 Å². The maximum atomic E-state index is 12.6. The van der Waals surface area contributed by atoms with E-state index in [4.69, 9.17) is 17.3 Å². The monoisotopic (exact) mass is 399 g/mol. The van der Waals surface area contributed by atoms with Gasteiger partial charge in [0.2, 0.25) is 11.8 Å². The molecule has 2 aromatic carbocycles. The molecule has 3 rings (SSSR count). The Morgan fingerprint density at radius 2 is 1.64 bits per heavy atom. The molecule has 0 unspecified atom stereocenters. The molecule has 0 bridgehead atoms. The molecule has 2 aromatic rings. The molecule has 0 spiro atoms. The molecule has 1 fully saturated rings. The Morgan fingerprint density at radius 1 is 1.07 bits per heavy atom. The van der Waals surface area contributed by atoms with Crippen LogP contribution in [-0.2, 0) is 22.6 Å². The van der Waals surface area contributed by atoms with Gasteiger partial charge in [-0.25, -0.2) is 0 Å². The summed E-state index contributed by atoms with van der Waals surface area (Å²) in [7, 11) is 1.92. The number of carbonyl (C=O) groups excluding carboxylic acids is 2. The van der Waals surface area contributed by atoms with Crippen molar-refractivity contribution in [3.05, 3.63) is 70.2 Å². The predicted octanol–water partition coefficient (Wildman–Crippen LogP) is 2.64. The topological polar surface area (TPSA) is 66.6 Å². The molecule has 6 heteroatoms. The van der Waals surface area contributed by atoms with Gasteiger partial charge in [-0.1, -0.05) is 53.6 Å². The summed E-state index contributed by atoms with van der Waals surface area (Å²) >= 11 is 5.92. The number of hydrogen-bond acceptors (Lipinski definition) is 3. The van der Waals surface area contributed by atoms with Gasteiger partial charge in [0.15, 0.2) is 0 Å². The highest BCUT2D eigenvalue weighted by Crippen LogP contribution is 2.34. The molecule has 5 nitrogen and oxygen atoms in total. The standard InChI is InChI=1S/C22H26ClN3O2/c1-16-3-5-18(6-4-16)12-25(2)13-20(27)26-14-22(15-26,21(24)28)11-17-7-9-19(23)10-8-17/h3-10H,11-15H2,1-2H3,(H2,24,28). The summed E-state index contributed by atoms with van der Waals surface area (Å²) in [5.74, 6) is -0.345. The number of aryl methyl sites for hydroxylation is 1. The van der Waals surface area contributed by atoms with E-state index < -0.39 is 5.41 Å². The van der Waals surface area contributed by atoms with Gasteiger partial charge in [0, 0.05) is 24.7 Å². The molecule has 0 aromatic heterocycles. The van der Waals surface area contributed by atoms with E-state index in [1.807, 2.05) is 24.1 Å². The number of primary amides is 1. The molecule has 0 saturated carbocycles. The summed E-state index contributed by atoms with van der Waals surface area (Å²) in [4.78, 5) is 28.4. The third kappa shape index (κ3) is 4.72. The molecule has 1 heterocycles. The maximum absolute atomic E-state index is 12.6. The van der Waals surface area contributed by atoms with Crippen LogP contribution in [0.15, 0.2) is 48.5 Å². The van der Waals surface area contributed by atoms with Crippen molar-refractivity contribution in [3.8, 4) is 0 Å². The fourth-order valence-electron chi connectivity index (χ4n) is 3.60. The molecule has 0 aliphatic carbocycles. The first-order valence-electron chi connectivity index (χ1n) is 9.34. The van der Waals surface area contributed by atoms with Crippen molar-refractivity contribution >= 4 is 23.4 Å². The number of halogens is 1. The second-order valence-electron chi connectivity index (χ2n) is 7.86. The first kappa shape index (κ1) is 20.4. The molecular formula is C22H26ClN3O2. The zero-order valence-corrected chi connectivity index (χ0v) is 17.1. The Balaban J connectivity index is 1.55. The molecule has 2 amide bonds. The maximum Gasteiger partial charge on any atom is 0.236 e. The lowest BCUT2D eigenvalue weighted by Crippen LogP contribution is -2.65. The van der Waals surface area contributed by atoms with Crippen molar-refractivity contribution in [2.75, 3.05) is 26.7 Å². The lowest BCUT2D eigenvalue weighted by molar-refractivity contribution is -0.152. The number of hydrogen-bond donors (Lipinski definition) is 1. The summed E-state index contributed by atoms with van der Waals surface area (Å²) in [5, 5.41) is 0.652. The second-order valence-corrected chi connectivity index (χ2v) is 8.29. The lowest BCUT2D eigenvalue weighted by atomic mass is 9.74. The minimum absolute atomic E-state index is 0.0163. The minimum Gasteiger partial charge on any atom is -0.369 e. The Labute approximate surface area is 171 Å². The van der Waals surface area contributed by atoms with Gasteiger partial charge >= 0.3 is 0 Å². The van der Waals surface area contributed by atoms with Crippen molar-refractivity contribution in [2.24, 2.45) is 11.1 Å². The first-order valence-corrected chi connectivity index (χ1v) is 9.71. The van der Waals surface area contributed by atoms with E-state index in [0.717, 1.165) is 5.56 Å². The number of nitrogens with zero attached hydrogens (tertiary/aromatic N) is 2. The van der Waals surface area contributed by atoms with Gasteiger partial charge < -0.3 is 10.6 Å². The van der Waals surface area contributed by atoms with Gasteiger partial charge in [0.25, 0.3) is 0 Å². The normalized spacial score (nSPS) is 15.4. The summed E-state index contributed by atoms with van der Waals surface area (Å²) in [6.45, 7) is 3.79. The predicted molar refractivity (Wildman–Crippen MR) is 111 cm³/mol. The summed E-state index contributed by atoms with van der Waals surface area (Å²) in [6, 6.07) is 15.7. The number of likely N-dealkylation sites (tertiary alicyclic amines) is 1. The van der Waals surface area contributed by atoms with E-state index in [2.05, 4.69) is 31.2 Å². The summed E-state index contributed by atoms with van der Waals surface area (Å²) in [6.07, 6.45) is 0.516. The highest BCUT2D eigenvalue weighted by atomic mass is 35.5. The van der Waals surface area contributed by atoms with E-state index in [0.29, 0.717) is 37.6 Å². The molecule has 0 atom stereocenters. The van der Waals surface area contributed by atoms with Crippen molar-refractivity contribution < 1.29 is 9.59 Å². The Hall–Kier alpha value is -2.37. The van der Waals surface area contributed by atoms with Crippen molar-refractivity contribution in [2.45, 2.75) is 19.9 Å². The van der Waals surface area contributed by atoms with Crippen LogP contribution in [0.4, 0.5) is 0 Å². The quantitative estimate of drug-likeness (QED) is 0.778. The van der Waals surface area contributed by atoms with Crippen LogP contribution in [0.3, 0.4) is 0 Å². The zero-order valence-electron chi connectivity index (χ0n) is 16.3. The number of amides is 2. The largest absolute Gasteiger partial charge is 0.369 e. The molecule has 148 valence electrons. The lowest BCUT2D eigenvalue weighted by Gasteiger charge is -2.48.